The van der Waals surface area contributed by atoms with Gasteiger partial charge in [0.2, 0.25) is 10.0 Å². The van der Waals surface area contributed by atoms with Gasteiger partial charge in [-0.05, 0) is 47.9 Å². The van der Waals surface area contributed by atoms with Gasteiger partial charge in [-0.1, -0.05) is 37.2 Å². The van der Waals surface area contributed by atoms with Gasteiger partial charge in [-0.15, -0.1) is 6.42 Å². The zero-order chi connectivity index (χ0) is 26.3. The minimum absolute atomic E-state index is 0.00555. The second-order valence-corrected chi connectivity index (χ2v) is 11.2. The van der Waals surface area contributed by atoms with Gasteiger partial charge in [0.15, 0.2) is 4.80 Å². The van der Waals surface area contributed by atoms with Crippen molar-refractivity contribution in [3.63, 3.8) is 0 Å². The van der Waals surface area contributed by atoms with Crippen molar-refractivity contribution < 1.29 is 13.2 Å². The van der Waals surface area contributed by atoms with E-state index < -0.39 is 15.9 Å². The molecule has 3 rings (SSSR count). The molecule has 8 nitrogen and oxygen atoms in total. The SMILES string of the molecule is C#CCn1c(=NC(=O)c2ccc(S(=O)(=O)N(CCC#N)CCC#N)cc2)sc2cc(C(C)C)ccc21. The van der Waals surface area contributed by atoms with E-state index in [1.807, 2.05) is 28.8 Å². The molecule has 0 radical (unpaired) electrons. The summed E-state index contributed by atoms with van der Waals surface area (Å²) in [5.74, 6) is 2.43. The number of carbonyl (C=O) groups is 1. The lowest BCUT2D eigenvalue weighted by molar-refractivity contribution is 0.0997. The molecule has 0 aliphatic rings. The third kappa shape index (κ3) is 5.90. The molecule has 1 aromatic heterocycles. The maximum absolute atomic E-state index is 13.0. The van der Waals surface area contributed by atoms with Crippen molar-refractivity contribution in [2.45, 2.75) is 44.0 Å². The van der Waals surface area contributed by atoms with Gasteiger partial charge in [0.25, 0.3) is 5.91 Å². The molecule has 0 spiro atoms. The number of amides is 1. The van der Waals surface area contributed by atoms with Gasteiger partial charge in [-0.2, -0.15) is 19.8 Å². The lowest BCUT2D eigenvalue weighted by Crippen LogP contribution is -2.32. The molecule has 10 heteroatoms. The molecule has 3 aromatic rings. The molecule has 0 saturated carbocycles. The number of hydrogen-bond acceptors (Lipinski definition) is 6. The topological polar surface area (TPSA) is 119 Å². The Morgan fingerprint density at radius 2 is 1.75 bits per heavy atom. The summed E-state index contributed by atoms with van der Waals surface area (Å²) >= 11 is 1.37. The highest BCUT2D eigenvalue weighted by atomic mass is 32.2. The molecule has 1 heterocycles. The molecule has 0 atom stereocenters. The Kier molecular flexibility index (Phi) is 8.79. The van der Waals surface area contributed by atoms with Gasteiger partial charge < -0.3 is 4.57 Å². The van der Waals surface area contributed by atoms with E-state index in [1.165, 1.54) is 41.2 Å². The number of thiazole rings is 1. The molecule has 0 unspecified atom stereocenters. The first-order valence-electron chi connectivity index (χ1n) is 11.2. The molecule has 36 heavy (non-hydrogen) atoms. The average molecular weight is 520 g/mol. The van der Waals surface area contributed by atoms with E-state index in [9.17, 15) is 13.2 Å². The van der Waals surface area contributed by atoms with Crippen molar-refractivity contribution in [1.29, 1.82) is 10.5 Å². The molecule has 1 amide bonds. The smallest absolute Gasteiger partial charge is 0.279 e. The second-order valence-electron chi connectivity index (χ2n) is 8.22. The average Bonchev–Trinajstić information content (AvgIpc) is 3.20. The molecule has 0 N–H and O–H groups in total. The van der Waals surface area contributed by atoms with Crippen LogP contribution in [0.25, 0.3) is 10.2 Å². The molecular weight excluding hydrogens is 494 g/mol. The molecule has 0 aliphatic carbocycles. The van der Waals surface area contributed by atoms with E-state index in [4.69, 9.17) is 16.9 Å². The number of terminal acetylenes is 1. The minimum Gasteiger partial charge on any atom is -0.305 e. The normalized spacial score (nSPS) is 12.0. The summed E-state index contributed by atoms with van der Waals surface area (Å²) in [6.07, 6.45) is 5.56. The summed E-state index contributed by atoms with van der Waals surface area (Å²) in [6.45, 7) is 4.43. The van der Waals surface area contributed by atoms with Crippen LogP contribution in [0.5, 0.6) is 0 Å². The van der Waals surface area contributed by atoms with Crippen LogP contribution in [-0.2, 0) is 16.6 Å². The van der Waals surface area contributed by atoms with Gasteiger partial charge in [0, 0.05) is 31.5 Å². The summed E-state index contributed by atoms with van der Waals surface area (Å²) in [5, 5.41) is 17.7. The largest absolute Gasteiger partial charge is 0.305 e. The molecular formula is C26H25N5O3S2. The van der Waals surface area contributed by atoms with Crippen LogP contribution in [0.3, 0.4) is 0 Å². The van der Waals surface area contributed by atoms with Crippen LogP contribution < -0.4 is 4.80 Å². The van der Waals surface area contributed by atoms with E-state index in [1.54, 1.807) is 0 Å². The third-order valence-corrected chi connectivity index (χ3v) is 8.46. The molecule has 0 aliphatic heterocycles. The fraction of sp³-hybridized carbons (Fsp3) is 0.308. The Morgan fingerprint density at radius 3 is 2.31 bits per heavy atom. The summed E-state index contributed by atoms with van der Waals surface area (Å²) in [6, 6.07) is 15.4. The van der Waals surface area contributed by atoms with E-state index in [2.05, 4.69) is 30.8 Å². The van der Waals surface area contributed by atoms with E-state index in [-0.39, 0.29) is 42.9 Å². The first-order chi connectivity index (χ1) is 17.2. The van der Waals surface area contributed by atoms with Crippen LogP contribution in [-0.4, -0.2) is 36.3 Å². The van der Waals surface area contributed by atoms with Crippen molar-refractivity contribution in [2.75, 3.05) is 13.1 Å². The first kappa shape index (κ1) is 26.8. The number of carbonyl (C=O) groups excluding carboxylic acids is 1. The van der Waals surface area contributed by atoms with Gasteiger partial charge in [0.05, 0.1) is 33.8 Å². The Labute approximate surface area is 214 Å². The standard InChI is InChI=1S/C26H25N5O3S2/c1-4-15-31-23-12-9-21(19(2)3)18-24(23)35-26(31)29-25(32)20-7-10-22(11-8-20)36(33,34)30(16-5-13-27)17-6-14-28/h1,7-12,18-19H,5-6,15-17H2,2-3H3. The second kappa shape index (κ2) is 11.8. The van der Waals surface area contributed by atoms with Gasteiger partial charge in [0.1, 0.15) is 0 Å². The highest BCUT2D eigenvalue weighted by molar-refractivity contribution is 7.89. The Hall–Kier alpha value is -3.75. The number of sulfonamides is 1. The van der Waals surface area contributed by atoms with Crippen LogP contribution in [0, 0.1) is 35.0 Å². The van der Waals surface area contributed by atoms with Gasteiger partial charge in [-0.25, -0.2) is 8.42 Å². The Morgan fingerprint density at radius 1 is 1.11 bits per heavy atom. The van der Waals surface area contributed by atoms with Crippen LogP contribution in [0.2, 0.25) is 0 Å². The van der Waals surface area contributed by atoms with E-state index in [0.29, 0.717) is 10.7 Å². The molecule has 2 aromatic carbocycles. The van der Waals surface area contributed by atoms with Gasteiger partial charge >= 0.3 is 0 Å². The number of aromatic nitrogens is 1. The lowest BCUT2D eigenvalue weighted by atomic mass is 10.0. The Bertz CT molecular complexity index is 1540. The monoisotopic (exact) mass is 519 g/mol. The number of nitriles is 2. The van der Waals surface area contributed by atoms with Crippen molar-refractivity contribution in [3.05, 3.63) is 58.4 Å². The minimum atomic E-state index is -3.92. The maximum Gasteiger partial charge on any atom is 0.279 e. The summed E-state index contributed by atoms with van der Waals surface area (Å²) in [7, 11) is -3.92. The van der Waals surface area contributed by atoms with E-state index in [0.717, 1.165) is 14.5 Å². The highest BCUT2D eigenvalue weighted by Gasteiger charge is 2.24. The highest BCUT2D eigenvalue weighted by Crippen LogP contribution is 2.24. The molecule has 0 bridgehead atoms. The fourth-order valence-corrected chi connectivity index (χ4v) is 6.07. The predicted molar refractivity (Wildman–Crippen MR) is 138 cm³/mol. The van der Waals surface area contributed by atoms with Crippen molar-refractivity contribution in [3.8, 4) is 24.5 Å². The zero-order valence-corrected chi connectivity index (χ0v) is 21.6. The van der Waals surface area contributed by atoms with Gasteiger partial charge in [-0.3, -0.25) is 4.79 Å². The van der Waals surface area contributed by atoms with Crippen LogP contribution in [0.4, 0.5) is 0 Å². The number of hydrogen-bond donors (Lipinski definition) is 0. The zero-order valence-electron chi connectivity index (χ0n) is 20.0. The number of fused-ring (bicyclic) bond motifs is 1. The summed E-state index contributed by atoms with van der Waals surface area (Å²) < 4.78 is 29.9. The first-order valence-corrected chi connectivity index (χ1v) is 13.5. The van der Waals surface area contributed by atoms with Crippen LogP contribution in [0.15, 0.2) is 52.4 Å². The Balaban J connectivity index is 1.95. The van der Waals surface area contributed by atoms with E-state index >= 15 is 0 Å². The van der Waals surface area contributed by atoms with Crippen LogP contribution >= 0.6 is 11.3 Å². The van der Waals surface area contributed by atoms with Crippen molar-refractivity contribution in [2.24, 2.45) is 4.99 Å². The number of benzene rings is 2. The van der Waals surface area contributed by atoms with Crippen molar-refractivity contribution in [1.82, 2.24) is 8.87 Å². The van der Waals surface area contributed by atoms with Crippen molar-refractivity contribution >= 4 is 37.5 Å². The molecule has 0 fully saturated rings. The predicted octanol–water partition coefficient (Wildman–Crippen LogP) is 4.02. The maximum atomic E-state index is 13.0. The number of nitrogens with zero attached hydrogens (tertiary/aromatic N) is 5. The summed E-state index contributed by atoms with van der Waals surface area (Å²) in [5.41, 5.74) is 2.29. The molecule has 0 saturated heterocycles. The quantitative estimate of drug-likeness (QED) is 0.396. The fourth-order valence-electron chi connectivity index (χ4n) is 3.55. The lowest BCUT2D eigenvalue weighted by Gasteiger charge is -2.20. The number of rotatable bonds is 9. The molecule has 184 valence electrons. The third-order valence-electron chi connectivity index (χ3n) is 5.51. The van der Waals surface area contributed by atoms with Crippen LogP contribution in [0.1, 0.15) is 48.5 Å². The summed E-state index contributed by atoms with van der Waals surface area (Å²) in [4.78, 5) is 17.7.